The molecule has 0 unspecified atom stereocenters. The van der Waals surface area contributed by atoms with Crippen LogP contribution in [-0.4, -0.2) is 21.5 Å². The van der Waals surface area contributed by atoms with Crippen LogP contribution in [0.25, 0.3) is 5.69 Å². The standard InChI is InChI=1S/C22H26N4O2/c1-14-7-2-5-11-19(14)26-20-12-6-10-18(16(20)13-24-26)25-22(28)21(27)15-8-3-4-9-17(15)23/h2,5,7,11,13,18H,3-4,6,8-10,12,23H2,1H3,(H,25,28)/t18-/m1/s1. The molecule has 146 valence electrons. The molecule has 1 atom stereocenters. The molecule has 3 N–H and O–H groups in total. The van der Waals surface area contributed by atoms with Crippen LogP contribution >= 0.6 is 0 Å². The fraction of sp³-hybridized carbons (Fsp3) is 0.409. The molecule has 0 spiro atoms. The lowest BCUT2D eigenvalue weighted by atomic mass is 9.91. The Kier molecular flexibility index (Phi) is 5.03. The van der Waals surface area contributed by atoms with Gasteiger partial charge in [-0.05, 0) is 63.5 Å². The summed E-state index contributed by atoms with van der Waals surface area (Å²) in [6, 6.07) is 7.93. The molecular weight excluding hydrogens is 352 g/mol. The second-order valence-electron chi connectivity index (χ2n) is 7.70. The van der Waals surface area contributed by atoms with Crippen molar-refractivity contribution in [3.63, 3.8) is 0 Å². The molecule has 4 rings (SSSR count). The molecule has 1 aromatic heterocycles. The number of nitrogens with two attached hydrogens (primary N) is 1. The minimum Gasteiger partial charge on any atom is -0.402 e. The number of fused-ring (bicyclic) bond motifs is 1. The van der Waals surface area contributed by atoms with Crippen LogP contribution in [0.3, 0.4) is 0 Å². The van der Waals surface area contributed by atoms with E-state index in [0.29, 0.717) is 24.1 Å². The lowest BCUT2D eigenvalue weighted by Gasteiger charge is -2.25. The van der Waals surface area contributed by atoms with E-state index in [2.05, 4.69) is 23.4 Å². The Morgan fingerprint density at radius 3 is 2.71 bits per heavy atom. The van der Waals surface area contributed by atoms with Crippen molar-refractivity contribution < 1.29 is 9.59 Å². The summed E-state index contributed by atoms with van der Waals surface area (Å²) in [5.74, 6) is -1.03. The summed E-state index contributed by atoms with van der Waals surface area (Å²) >= 11 is 0. The molecule has 6 heteroatoms. The van der Waals surface area contributed by atoms with Crippen molar-refractivity contribution in [1.29, 1.82) is 0 Å². The van der Waals surface area contributed by atoms with Gasteiger partial charge in [-0.15, -0.1) is 0 Å². The van der Waals surface area contributed by atoms with Crippen molar-refractivity contribution in [1.82, 2.24) is 15.1 Å². The predicted molar refractivity (Wildman–Crippen MR) is 107 cm³/mol. The minimum atomic E-state index is -0.554. The maximum atomic E-state index is 12.6. The molecule has 2 aliphatic rings. The number of carbonyl (C=O) groups excluding carboxylic acids is 2. The smallest absolute Gasteiger partial charge is 0.292 e. The van der Waals surface area contributed by atoms with Crippen molar-refractivity contribution in [3.8, 4) is 5.69 Å². The highest BCUT2D eigenvalue weighted by molar-refractivity contribution is 6.42. The number of nitrogens with zero attached hydrogens (tertiary/aromatic N) is 2. The van der Waals surface area contributed by atoms with Gasteiger partial charge in [-0.3, -0.25) is 9.59 Å². The molecule has 0 saturated heterocycles. The Morgan fingerprint density at radius 1 is 1.14 bits per heavy atom. The fourth-order valence-electron chi connectivity index (χ4n) is 4.26. The van der Waals surface area contributed by atoms with Crippen LogP contribution in [-0.2, 0) is 16.0 Å². The highest BCUT2D eigenvalue weighted by Gasteiger charge is 2.30. The van der Waals surface area contributed by atoms with Crippen molar-refractivity contribution in [3.05, 3.63) is 58.6 Å². The number of rotatable bonds is 4. The van der Waals surface area contributed by atoms with Gasteiger partial charge in [0.15, 0.2) is 0 Å². The number of para-hydroxylation sites is 1. The molecule has 1 aromatic carbocycles. The van der Waals surface area contributed by atoms with Crippen molar-refractivity contribution in [2.45, 2.75) is 57.9 Å². The number of carbonyl (C=O) groups is 2. The number of benzene rings is 1. The minimum absolute atomic E-state index is 0.191. The van der Waals surface area contributed by atoms with Gasteiger partial charge in [-0.25, -0.2) is 4.68 Å². The first-order chi connectivity index (χ1) is 13.6. The van der Waals surface area contributed by atoms with Crippen molar-refractivity contribution in [2.24, 2.45) is 5.73 Å². The molecule has 1 heterocycles. The Labute approximate surface area is 164 Å². The largest absolute Gasteiger partial charge is 0.402 e. The fourth-order valence-corrected chi connectivity index (χ4v) is 4.26. The molecule has 0 aliphatic heterocycles. The zero-order valence-corrected chi connectivity index (χ0v) is 16.2. The highest BCUT2D eigenvalue weighted by atomic mass is 16.2. The summed E-state index contributed by atoms with van der Waals surface area (Å²) < 4.78 is 1.96. The van der Waals surface area contributed by atoms with Gasteiger partial charge in [-0.1, -0.05) is 18.2 Å². The van der Waals surface area contributed by atoms with Crippen LogP contribution in [0.5, 0.6) is 0 Å². The van der Waals surface area contributed by atoms with Gasteiger partial charge in [0.05, 0.1) is 17.9 Å². The predicted octanol–water partition coefficient (Wildman–Crippen LogP) is 3.03. The summed E-state index contributed by atoms with van der Waals surface area (Å²) in [6.07, 6.45) is 7.66. The molecule has 2 aliphatic carbocycles. The van der Waals surface area contributed by atoms with Gasteiger partial charge in [0.1, 0.15) is 0 Å². The van der Waals surface area contributed by atoms with E-state index >= 15 is 0 Å². The first kappa shape index (κ1) is 18.5. The normalized spacial score (nSPS) is 19.2. The van der Waals surface area contributed by atoms with Gasteiger partial charge >= 0.3 is 0 Å². The van der Waals surface area contributed by atoms with Crippen LogP contribution in [0.2, 0.25) is 0 Å². The molecular formula is C22H26N4O2. The summed E-state index contributed by atoms with van der Waals surface area (Å²) in [5, 5.41) is 7.52. The first-order valence-electron chi connectivity index (χ1n) is 10.0. The maximum Gasteiger partial charge on any atom is 0.292 e. The monoisotopic (exact) mass is 378 g/mol. The highest BCUT2D eigenvalue weighted by Crippen LogP contribution is 2.32. The lowest BCUT2D eigenvalue weighted by molar-refractivity contribution is -0.136. The van der Waals surface area contributed by atoms with E-state index in [9.17, 15) is 9.59 Å². The van der Waals surface area contributed by atoms with E-state index in [1.165, 1.54) is 0 Å². The number of aryl methyl sites for hydroxylation is 1. The Hall–Kier alpha value is -2.89. The molecule has 6 nitrogen and oxygen atoms in total. The van der Waals surface area contributed by atoms with E-state index in [0.717, 1.165) is 54.6 Å². The molecule has 28 heavy (non-hydrogen) atoms. The van der Waals surface area contributed by atoms with Crippen molar-refractivity contribution in [2.75, 3.05) is 0 Å². The summed E-state index contributed by atoms with van der Waals surface area (Å²) in [4.78, 5) is 25.2. The van der Waals surface area contributed by atoms with E-state index in [-0.39, 0.29) is 6.04 Å². The number of amides is 1. The van der Waals surface area contributed by atoms with Crippen LogP contribution < -0.4 is 11.1 Å². The van der Waals surface area contributed by atoms with E-state index in [1.807, 2.05) is 29.1 Å². The molecule has 0 bridgehead atoms. The Balaban J connectivity index is 1.57. The summed E-state index contributed by atoms with van der Waals surface area (Å²) in [7, 11) is 0. The van der Waals surface area contributed by atoms with Crippen LogP contribution in [0, 0.1) is 6.92 Å². The second-order valence-corrected chi connectivity index (χ2v) is 7.70. The number of hydrogen-bond acceptors (Lipinski definition) is 4. The number of ketones is 1. The van der Waals surface area contributed by atoms with Crippen LogP contribution in [0.1, 0.15) is 61.4 Å². The third-order valence-electron chi connectivity index (χ3n) is 5.82. The summed E-state index contributed by atoms with van der Waals surface area (Å²) in [6.45, 7) is 2.06. The molecule has 2 aromatic rings. The third kappa shape index (κ3) is 3.35. The first-order valence-corrected chi connectivity index (χ1v) is 10.0. The average molecular weight is 378 g/mol. The Bertz CT molecular complexity index is 957. The zero-order valence-electron chi connectivity index (χ0n) is 16.2. The van der Waals surface area contributed by atoms with Gasteiger partial charge in [0.25, 0.3) is 5.91 Å². The molecule has 0 fully saturated rings. The van der Waals surface area contributed by atoms with E-state index < -0.39 is 11.7 Å². The van der Waals surface area contributed by atoms with Crippen molar-refractivity contribution >= 4 is 11.7 Å². The number of hydrogen-bond donors (Lipinski definition) is 2. The van der Waals surface area contributed by atoms with Crippen LogP contribution in [0.4, 0.5) is 0 Å². The maximum absolute atomic E-state index is 12.6. The van der Waals surface area contributed by atoms with E-state index in [1.54, 1.807) is 0 Å². The van der Waals surface area contributed by atoms with Crippen LogP contribution in [0.15, 0.2) is 41.7 Å². The second kappa shape index (κ2) is 7.62. The quantitative estimate of drug-likeness (QED) is 0.800. The number of aromatic nitrogens is 2. The molecule has 1 amide bonds. The van der Waals surface area contributed by atoms with Gasteiger partial charge in [-0.2, -0.15) is 5.10 Å². The number of allylic oxidation sites excluding steroid dienone is 1. The number of Topliss-reactive ketones (excluding diaryl/α,β-unsaturated/α-hetero) is 1. The molecule has 0 saturated carbocycles. The zero-order chi connectivity index (χ0) is 19.7. The SMILES string of the molecule is Cc1ccccc1-n1ncc2c1CCC[C@H]2NC(=O)C(=O)C1=C(N)CCCC1. The average Bonchev–Trinajstić information content (AvgIpc) is 3.13. The third-order valence-corrected chi connectivity index (χ3v) is 5.82. The lowest BCUT2D eigenvalue weighted by Crippen LogP contribution is -2.37. The van der Waals surface area contributed by atoms with Gasteiger partial charge < -0.3 is 11.1 Å². The van der Waals surface area contributed by atoms with Gasteiger partial charge in [0.2, 0.25) is 5.78 Å². The van der Waals surface area contributed by atoms with E-state index in [4.69, 9.17) is 5.73 Å². The topological polar surface area (TPSA) is 90.0 Å². The summed E-state index contributed by atoms with van der Waals surface area (Å²) in [5.41, 5.74) is 11.3. The number of nitrogens with one attached hydrogen (secondary N) is 1. The molecule has 0 radical (unpaired) electrons. The van der Waals surface area contributed by atoms with Gasteiger partial charge in [0, 0.05) is 22.5 Å². The Morgan fingerprint density at radius 2 is 1.93 bits per heavy atom.